The van der Waals surface area contributed by atoms with Crippen LogP contribution in [0.15, 0.2) is 36.5 Å². The van der Waals surface area contributed by atoms with Gasteiger partial charge in [-0.2, -0.15) is 5.90 Å². The summed E-state index contributed by atoms with van der Waals surface area (Å²) in [5.41, 5.74) is 6.19. The van der Waals surface area contributed by atoms with E-state index >= 15 is 0 Å². The van der Waals surface area contributed by atoms with Gasteiger partial charge in [0.1, 0.15) is 0 Å². The highest BCUT2D eigenvalue weighted by molar-refractivity contribution is 5.03. The Morgan fingerprint density at radius 2 is 2.46 bits per heavy atom. The van der Waals surface area contributed by atoms with Gasteiger partial charge in [0.25, 0.3) is 0 Å². The molecule has 5 N–H and O–H groups in total. The number of aromatic nitrogens is 1. The average Bonchev–Trinajstić information content (AvgIpc) is 2.19. The first kappa shape index (κ1) is 9.34. The van der Waals surface area contributed by atoms with Crippen LogP contribution in [-0.4, -0.2) is 4.98 Å². The highest BCUT2D eigenvalue weighted by Gasteiger charge is 1.89. The second kappa shape index (κ2) is 5.00. The van der Waals surface area contributed by atoms with E-state index in [0.29, 0.717) is 6.54 Å². The van der Waals surface area contributed by atoms with E-state index in [0.717, 1.165) is 5.69 Å². The number of nitrogens with zero attached hydrogens (tertiary/aromatic N) is 1. The molecule has 5 nitrogen and oxygen atoms in total. The van der Waals surface area contributed by atoms with Gasteiger partial charge in [0.2, 0.25) is 5.88 Å². The van der Waals surface area contributed by atoms with Crippen molar-refractivity contribution in [3.8, 4) is 0 Å². The Labute approximate surface area is 76.4 Å². The van der Waals surface area contributed by atoms with Gasteiger partial charge in [0.05, 0.1) is 18.4 Å². The van der Waals surface area contributed by atoms with Crippen molar-refractivity contribution >= 4 is 0 Å². The fraction of sp³-hybridized carbons (Fsp3) is 0.125. The highest BCUT2D eigenvalue weighted by Crippen LogP contribution is 1.91. The molecule has 0 saturated carbocycles. The van der Waals surface area contributed by atoms with Gasteiger partial charge in [-0.05, 0) is 12.1 Å². The Morgan fingerprint density at radius 3 is 3.08 bits per heavy atom. The van der Waals surface area contributed by atoms with Crippen molar-refractivity contribution in [1.82, 2.24) is 10.3 Å². The average molecular weight is 180 g/mol. The highest BCUT2D eigenvalue weighted by atomic mass is 16.6. The SMILES string of the molecule is NO/C(N)=C\NCc1ccccn1. The standard InChI is InChI=1S/C8H12N4O/c9-8(13-10)6-11-5-7-3-1-2-4-12-7/h1-4,6,11H,5,9-10H2/b8-6-. The summed E-state index contributed by atoms with van der Waals surface area (Å²) in [4.78, 5) is 8.34. The van der Waals surface area contributed by atoms with Crippen molar-refractivity contribution in [2.24, 2.45) is 11.6 Å². The minimum atomic E-state index is 0.135. The van der Waals surface area contributed by atoms with Gasteiger partial charge in [-0.3, -0.25) is 4.98 Å². The second-order valence-electron chi connectivity index (χ2n) is 2.37. The van der Waals surface area contributed by atoms with Crippen LogP contribution < -0.4 is 16.9 Å². The molecule has 70 valence electrons. The lowest BCUT2D eigenvalue weighted by atomic mass is 10.3. The monoisotopic (exact) mass is 180 g/mol. The van der Waals surface area contributed by atoms with Gasteiger partial charge in [-0.25, -0.2) is 0 Å². The van der Waals surface area contributed by atoms with Crippen LogP contribution >= 0.6 is 0 Å². The van der Waals surface area contributed by atoms with Crippen molar-refractivity contribution in [1.29, 1.82) is 0 Å². The molecular weight excluding hydrogens is 168 g/mol. The molecule has 1 aromatic heterocycles. The van der Waals surface area contributed by atoms with Crippen molar-refractivity contribution in [3.63, 3.8) is 0 Å². The molecule has 0 spiro atoms. The van der Waals surface area contributed by atoms with Gasteiger partial charge in [-0.1, -0.05) is 6.07 Å². The summed E-state index contributed by atoms with van der Waals surface area (Å²) in [6.07, 6.45) is 3.21. The smallest absolute Gasteiger partial charge is 0.224 e. The van der Waals surface area contributed by atoms with Gasteiger partial charge in [-0.15, -0.1) is 0 Å². The molecule has 0 atom stereocenters. The minimum absolute atomic E-state index is 0.135. The molecule has 13 heavy (non-hydrogen) atoms. The van der Waals surface area contributed by atoms with Crippen molar-refractivity contribution in [3.05, 3.63) is 42.2 Å². The maximum absolute atomic E-state index is 5.27. The molecule has 0 unspecified atom stereocenters. The second-order valence-corrected chi connectivity index (χ2v) is 2.37. The van der Waals surface area contributed by atoms with Crippen molar-refractivity contribution in [2.45, 2.75) is 6.54 Å². The molecule has 0 aliphatic heterocycles. The third kappa shape index (κ3) is 3.44. The number of hydrogen-bond donors (Lipinski definition) is 3. The van der Waals surface area contributed by atoms with Crippen LogP contribution in [0.4, 0.5) is 0 Å². The lowest BCUT2D eigenvalue weighted by molar-refractivity contribution is 0.215. The van der Waals surface area contributed by atoms with Gasteiger partial charge >= 0.3 is 0 Å². The van der Waals surface area contributed by atoms with E-state index in [9.17, 15) is 0 Å². The Morgan fingerprint density at radius 1 is 1.62 bits per heavy atom. The number of hydrogen-bond acceptors (Lipinski definition) is 5. The molecule has 0 aliphatic rings. The lowest BCUT2D eigenvalue weighted by Crippen LogP contribution is -2.14. The molecule has 0 aromatic carbocycles. The Hall–Kier alpha value is -1.75. The first-order valence-corrected chi connectivity index (χ1v) is 3.78. The first-order valence-electron chi connectivity index (χ1n) is 3.78. The number of nitrogens with two attached hydrogens (primary N) is 2. The molecule has 0 amide bonds. The van der Waals surface area contributed by atoms with E-state index < -0.39 is 0 Å². The topological polar surface area (TPSA) is 86.2 Å². The fourth-order valence-corrected chi connectivity index (χ4v) is 0.793. The van der Waals surface area contributed by atoms with Crippen LogP contribution in [0.25, 0.3) is 0 Å². The fourth-order valence-electron chi connectivity index (χ4n) is 0.793. The molecule has 1 rings (SSSR count). The third-order valence-electron chi connectivity index (χ3n) is 1.39. The normalized spacial score (nSPS) is 11.0. The molecule has 5 heteroatoms. The third-order valence-corrected chi connectivity index (χ3v) is 1.39. The summed E-state index contributed by atoms with van der Waals surface area (Å²) >= 11 is 0. The largest absolute Gasteiger partial charge is 0.392 e. The van der Waals surface area contributed by atoms with Gasteiger partial charge in [0, 0.05) is 6.20 Å². The molecule has 0 radical (unpaired) electrons. The van der Waals surface area contributed by atoms with E-state index in [2.05, 4.69) is 15.1 Å². The predicted octanol–water partition coefficient (Wildman–Crippen LogP) is -0.181. The summed E-state index contributed by atoms with van der Waals surface area (Å²) in [6.45, 7) is 0.588. The Bertz CT molecular complexity index is 273. The molecular formula is C8H12N4O. The zero-order valence-corrected chi connectivity index (χ0v) is 7.10. The van der Waals surface area contributed by atoms with Crippen molar-refractivity contribution < 1.29 is 4.84 Å². The van der Waals surface area contributed by atoms with E-state index in [4.69, 9.17) is 11.6 Å². The zero-order valence-electron chi connectivity index (χ0n) is 7.10. The molecule has 0 bridgehead atoms. The van der Waals surface area contributed by atoms with Crippen LogP contribution in [-0.2, 0) is 11.4 Å². The number of nitrogens with one attached hydrogen (secondary N) is 1. The molecule has 1 aromatic rings. The quantitative estimate of drug-likeness (QED) is 0.442. The summed E-state index contributed by atoms with van der Waals surface area (Å²) < 4.78 is 0. The number of rotatable bonds is 4. The maximum Gasteiger partial charge on any atom is 0.224 e. The first-order chi connectivity index (χ1) is 6.33. The summed E-state index contributed by atoms with van der Waals surface area (Å²) in [6, 6.07) is 5.67. The minimum Gasteiger partial charge on any atom is -0.392 e. The van der Waals surface area contributed by atoms with Crippen LogP contribution in [0.3, 0.4) is 0 Å². The summed E-state index contributed by atoms with van der Waals surface area (Å²) in [5, 5.41) is 2.90. The summed E-state index contributed by atoms with van der Waals surface area (Å²) in [7, 11) is 0. The van der Waals surface area contributed by atoms with E-state index in [1.807, 2.05) is 18.2 Å². The van der Waals surface area contributed by atoms with Crippen LogP contribution in [0.5, 0.6) is 0 Å². The Balaban J connectivity index is 2.36. The van der Waals surface area contributed by atoms with Crippen LogP contribution in [0, 0.1) is 0 Å². The summed E-state index contributed by atoms with van der Waals surface area (Å²) in [5.74, 6) is 4.94. The molecule has 0 fully saturated rings. The zero-order chi connectivity index (χ0) is 9.52. The maximum atomic E-state index is 5.27. The van der Waals surface area contributed by atoms with Gasteiger partial charge in [0.15, 0.2) is 0 Å². The van der Waals surface area contributed by atoms with Crippen LogP contribution in [0.1, 0.15) is 5.69 Å². The molecule has 1 heterocycles. The van der Waals surface area contributed by atoms with E-state index in [1.165, 1.54) is 6.20 Å². The van der Waals surface area contributed by atoms with Gasteiger partial charge < -0.3 is 15.9 Å². The van der Waals surface area contributed by atoms with E-state index in [1.54, 1.807) is 6.20 Å². The van der Waals surface area contributed by atoms with Crippen molar-refractivity contribution in [2.75, 3.05) is 0 Å². The number of pyridine rings is 1. The lowest BCUT2D eigenvalue weighted by Gasteiger charge is -2.01. The molecule has 0 aliphatic carbocycles. The van der Waals surface area contributed by atoms with Crippen LogP contribution in [0.2, 0.25) is 0 Å². The Kier molecular flexibility index (Phi) is 3.59. The van der Waals surface area contributed by atoms with E-state index in [-0.39, 0.29) is 5.88 Å². The molecule has 0 saturated heterocycles. The predicted molar refractivity (Wildman–Crippen MR) is 48.6 cm³/mol.